The van der Waals surface area contributed by atoms with Crippen molar-refractivity contribution in [2.75, 3.05) is 12.8 Å². The van der Waals surface area contributed by atoms with Crippen LogP contribution in [-0.4, -0.2) is 13.1 Å². The minimum atomic E-state index is -0.415. The Labute approximate surface area is 93.3 Å². The molecule has 0 saturated heterocycles. The van der Waals surface area contributed by atoms with Gasteiger partial charge in [0.15, 0.2) is 0 Å². The number of carbonyl (C=O) groups excluding carboxylic acids is 1. The molecule has 0 spiro atoms. The maximum absolute atomic E-state index is 11.3. The standard InChI is InChI=1S/C9H11BrNO2P/c1-4-3-5(9(12)13-2)7(11)8(14)6(4)10/h3H,11,14H2,1-2H3. The summed E-state index contributed by atoms with van der Waals surface area (Å²) in [4.78, 5) is 11.3. The molecule has 1 aromatic carbocycles. The van der Waals surface area contributed by atoms with Crippen LogP contribution in [0.2, 0.25) is 0 Å². The number of nitrogens with two attached hydrogens (primary N) is 1. The van der Waals surface area contributed by atoms with E-state index in [-0.39, 0.29) is 0 Å². The van der Waals surface area contributed by atoms with Gasteiger partial charge in [-0.15, -0.1) is 9.24 Å². The molecule has 14 heavy (non-hydrogen) atoms. The second-order valence-corrected chi connectivity index (χ2v) is 4.24. The van der Waals surface area contributed by atoms with Crippen molar-refractivity contribution in [1.29, 1.82) is 0 Å². The number of carbonyl (C=O) groups is 1. The first-order valence-electron chi connectivity index (χ1n) is 3.91. The summed E-state index contributed by atoms with van der Waals surface area (Å²) in [5.41, 5.74) is 7.56. The Morgan fingerprint density at radius 2 is 2.21 bits per heavy atom. The van der Waals surface area contributed by atoms with Gasteiger partial charge in [-0.3, -0.25) is 0 Å². The molecule has 0 aliphatic heterocycles. The van der Waals surface area contributed by atoms with Crippen LogP contribution < -0.4 is 11.0 Å². The fraction of sp³-hybridized carbons (Fsp3) is 0.222. The molecular formula is C9H11BrNO2P. The van der Waals surface area contributed by atoms with Gasteiger partial charge in [0.1, 0.15) is 0 Å². The minimum Gasteiger partial charge on any atom is -0.465 e. The van der Waals surface area contributed by atoms with Gasteiger partial charge >= 0.3 is 5.97 Å². The monoisotopic (exact) mass is 275 g/mol. The summed E-state index contributed by atoms with van der Waals surface area (Å²) in [6.45, 7) is 1.89. The number of aryl methyl sites for hydroxylation is 1. The Morgan fingerprint density at radius 3 is 2.71 bits per heavy atom. The van der Waals surface area contributed by atoms with E-state index in [9.17, 15) is 4.79 Å². The average molecular weight is 276 g/mol. The Kier molecular flexibility index (Phi) is 3.51. The van der Waals surface area contributed by atoms with E-state index < -0.39 is 5.97 Å². The Balaban J connectivity index is 3.40. The van der Waals surface area contributed by atoms with Gasteiger partial charge in [-0.1, -0.05) is 0 Å². The molecule has 2 N–H and O–H groups in total. The summed E-state index contributed by atoms with van der Waals surface area (Å²) in [7, 11) is 3.83. The number of hydrogen-bond acceptors (Lipinski definition) is 3. The predicted octanol–water partition coefficient (Wildman–Crippen LogP) is 1.63. The summed E-state index contributed by atoms with van der Waals surface area (Å²) in [5.74, 6) is -0.415. The number of ether oxygens (including phenoxy) is 1. The third-order valence-corrected chi connectivity index (χ3v) is 4.00. The zero-order chi connectivity index (χ0) is 10.9. The molecule has 0 aliphatic rings. The molecule has 1 unspecified atom stereocenters. The number of nitrogen functional groups attached to an aromatic ring is 1. The molecule has 5 heteroatoms. The molecule has 0 aliphatic carbocycles. The Hall–Kier alpha value is -0.600. The van der Waals surface area contributed by atoms with Gasteiger partial charge in [-0.2, -0.15) is 0 Å². The Morgan fingerprint density at radius 1 is 1.64 bits per heavy atom. The van der Waals surface area contributed by atoms with Crippen molar-refractivity contribution in [2.24, 2.45) is 0 Å². The smallest absolute Gasteiger partial charge is 0.339 e. The molecule has 0 fully saturated rings. The van der Waals surface area contributed by atoms with E-state index in [4.69, 9.17) is 5.73 Å². The van der Waals surface area contributed by atoms with Crippen molar-refractivity contribution >= 4 is 42.1 Å². The van der Waals surface area contributed by atoms with Gasteiger partial charge in [-0.05, 0) is 34.5 Å². The molecule has 0 heterocycles. The molecule has 0 saturated carbocycles. The minimum absolute atomic E-state index is 0.401. The number of esters is 1. The third kappa shape index (κ3) is 1.91. The number of anilines is 1. The molecule has 1 rings (SSSR count). The molecule has 0 bridgehead atoms. The van der Waals surface area contributed by atoms with Crippen LogP contribution in [-0.2, 0) is 4.74 Å². The summed E-state index contributed by atoms with van der Waals surface area (Å²) in [5, 5.41) is 0.783. The zero-order valence-electron chi connectivity index (χ0n) is 7.93. The lowest BCUT2D eigenvalue weighted by Gasteiger charge is -2.10. The third-order valence-electron chi connectivity index (χ3n) is 1.93. The summed E-state index contributed by atoms with van der Waals surface area (Å²) in [6.07, 6.45) is 0. The Bertz CT molecular complexity index is 393. The lowest BCUT2D eigenvalue weighted by Crippen LogP contribution is -2.14. The SMILES string of the molecule is COC(=O)c1cc(C)c(Br)c(P)c1N. The van der Waals surface area contributed by atoms with E-state index in [2.05, 4.69) is 29.9 Å². The van der Waals surface area contributed by atoms with Crippen molar-refractivity contribution in [3.63, 3.8) is 0 Å². The van der Waals surface area contributed by atoms with Gasteiger partial charge < -0.3 is 10.5 Å². The van der Waals surface area contributed by atoms with Gasteiger partial charge in [0.2, 0.25) is 0 Å². The maximum Gasteiger partial charge on any atom is 0.339 e. The number of rotatable bonds is 1. The first-order valence-corrected chi connectivity index (χ1v) is 5.28. The average Bonchev–Trinajstić information content (AvgIpc) is 2.19. The lowest BCUT2D eigenvalue weighted by atomic mass is 10.1. The zero-order valence-corrected chi connectivity index (χ0v) is 10.7. The van der Waals surface area contributed by atoms with Crippen molar-refractivity contribution in [1.82, 2.24) is 0 Å². The lowest BCUT2D eigenvalue weighted by molar-refractivity contribution is 0.0602. The van der Waals surface area contributed by atoms with Crippen LogP contribution in [0.4, 0.5) is 5.69 Å². The molecule has 3 nitrogen and oxygen atoms in total. The van der Waals surface area contributed by atoms with Gasteiger partial charge in [-0.25, -0.2) is 4.79 Å². The summed E-state index contributed by atoms with van der Waals surface area (Å²) in [6, 6.07) is 1.71. The summed E-state index contributed by atoms with van der Waals surface area (Å²) >= 11 is 3.38. The second-order valence-electron chi connectivity index (χ2n) is 2.87. The van der Waals surface area contributed by atoms with Crippen molar-refractivity contribution in [2.45, 2.75) is 6.92 Å². The fourth-order valence-corrected chi connectivity index (χ4v) is 1.82. The van der Waals surface area contributed by atoms with E-state index >= 15 is 0 Å². The quantitative estimate of drug-likeness (QED) is 0.482. The highest BCUT2D eigenvalue weighted by atomic mass is 79.9. The van der Waals surface area contributed by atoms with Gasteiger partial charge in [0.25, 0.3) is 0 Å². The van der Waals surface area contributed by atoms with Crippen LogP contribution >= 0.6 is 25.2 Å². The maximum atomic E-state index is 11.3. The second kappa shape index (κ2) is 4.28. The number of benzene rings is 1. The van der Waals surface area contributed by atoms with Crippen molar-refractivity contribution in [3.05, 3.63) is 21.7 Å². The highest BCUT2D eigenvalue weighted by molar-refractivity contribution is 9.10. The highest BCUT2D eigenvalue weighted by Crippen LogP contribution is 2.23. The molecule has 0 amide bonds. The first-order chi connectivity index (χ1) is 6.49. The molecule has 0 aromatic heterocycles. The number of hydrogen-bond donors (Lipinski definition) is 1. The molecule has 76 valence electrons. The van der Waals surface area contributed by atoms with E-state index in [1.54, 1.807) is 6.07 Å². The van der Waals surface area contributed by atoms with Crippen LogP contribution in [0, 0.1) is 6.92 Å². The predicted molar refractivity (Wildman–Crippen MR) is 64.0 cm³/mol. The topological polar surface area (TPSA) is 52.3 Å². The van der Waals surface area contributed by atoms with Crippen molar-refractivity contribution < 1.29 is 9.53 Å². The fourth-order valence-electron chi connectivity index (χ4n) is 1.11. The molecule has 1 atom stereocenters. The largest absolute Gasteiger partial charge is 0.465 e. The van der Waals surface area contributed by atoms with Gasteiger partial charge in [0.05, 0.1) is 18.4 Å². The van der Waals surface area contributed by atoms with Crippen LogP contribution in [0.5, 0.6) is 0 Å². The van der Waals surface area contributed by atoms with E-state index in [1.807, 2.05) is 6.92 Å². The van der Waals surface area contributed by atoms with Crippen LogP contribution in [0.15, 0.2) is 10.5 Å². The molecular weight excluding hydrogens is 265 g/mol. The van der Waals surface area contributed by atoms with Crippen LogP contribution in [0.3, 0.4) is 0 Å². The van der Waals surface area contributed by atoms with E-state index in [0.717, 1.165) is 15.3 Å². The molecule has 0 radical (unpaired) electrons. The highest BCUT2D eigenvalue weighted by Gasteiger charge is 2.15. The van der Waals surface area contributed by atoms with E-state index in [1.165, 1.54) is 7.11 Å². The van der Waals surface area contributed by atoms with E-state index in [0.29, 0.717) is 11.3 Å². The van der Waals surface area contributed by atoms with Crippen LogP contribution in [0.1, 0.15) is 15.9 Å². The molecule has 1 aromatic rings. The van der Waals surface area contributed by atoms with Gasteiger partial charge in [0, 0.05) is 9.78 Å². The number of halogens is 1. The normalized spacial score (nSPS) is 10.0. The number of methoxy groups -OCH3 is 1. The van der Waals surface area contributed by atoms with Crippen molar-refractivity contribution in [3.8, 4) is 0 Å². The van der Waals surface area contributed by atoms with Crippen LogP contribution in [0.25, 0.3) is 0 Å². The summed E-state index contributed by atoms with van der Waals surface area (Å²) < 4.78 is 5.52. The first kappa shape index (κ1) is 11.5.